The number of thiazole rings is 1. The van der Waals surface area contributed by atoms with Gasteiger partial charge in [-0.15, -0.1) is 16.5 Å². The standard InChI is InChI=1S/C27H18F4N4O3S2/c28-19-8-6-16(7-9-19)17-2-1-3-18(13-17)23-21(12-15-4-10-20(11-5-15)40(32)38)24(27(29,30)31)35(34-23)26-33-22(14-39-26)25(36)37/h1-11,13-14,38H,12,32H2/p+1. The van der Waals surface area contributed by atoms with E-state index in [0.717, 1.165) is 16.7 Å². The number of rotatable bonds is 7. The second-order valence-corrected chi connectivity index (χ2v) is 10.6. The van der Waals surface area contributed by atoms with E-state index in [9.17, 15) is 32.0 Å². The van der Waals surface area contributed by atoms with Gasteiger partial charge in [-0.1, -0.05) is 42.5 Å². The predicted molar refractivity (Wildman–Crippen MR) is 144 cm³/mol. The lowest BCUT2D eigenvalue weighted by atomic mass is 9.96. The molecule has 204 valence electrons. The molecule has 0 saturated carbocycles. The summed E-state index contributed by atoms with van der Waals surface area (Å²) >= 11 is -0.782. The van der Waals surface area contributed by atoms with Gasteiger partial charge in [0, 0.05) is 22.9 Å². The fourth-order valence-corrected chi connectivity index (χ4v) is 5.35. The van der Waals surface area contributed by atoms with Crippen LogP contribution in [0.15, 0.2) is 83.1 Å². The van der Waals surface area contributed by atoms with Crippen molar-refractivity contribution in [1.29, 1.82) is 0 Å². The van der Waals surface area contributed by atoms with Gasteiger partial charge < -0.3 is 5.11 Å². The van der Waals surface area contributed by atoms with Crippen molar-refractivity contribution in [2.75, 3.05) is 0 Å². The van der Waals surface area contributed by atoms with E-state index in [-0.39, 0.29) is 22.8 Å². The fraction of sp³-hybridized carbons (Fsp3) is 0.0741. The molecule has 1 atom stereocenters. The summed E-state index contributed by atoms with van der Waals surface area (Å²) in [6.07, 6.45) is -5.06. The number of nitrogens with two attached hydrogens (primary N) is 1. The molecule has 5 aromatic rings. The number of carbonyl (C=O) groups is 1. The molecule has 5 rings (SSSR count). The van der Waals surface area contributed by atoms with Crippen molar-refractivity contribution < 1.29 is 32.0 Å². The van der Waals surface area contributed by atoms with E-state index in [1.165, 1.54) is 24.3 Å². The Labute approximate surface area is 231 Å². The SMILES string of the molecule is N[S+](O)c1ccc(Cc2c(-c3cccc(-c4ccc(F)cc4)c3)nn(-c3nc(C(=O)O)cs3)c2C(F)(F)F)cc1. The van der Waals surface area contributed by atoms with Crippen LogP contribution in [0.5, 0.6) is 0 Å². The highest BCUT2D eigenvalue weighted by Crippen LogP contribution is 2.40. The lowest BCUT2D eigenvalue weighted by molar-refractivity contribution is -0.143. The highest BCUT2D eigenvalue weighted by molar-refractivity contribution is 7.89. The smallest absolute Gasteiger partial charge is 0.433 e. The number of hydrogen-bond acceptors (Lipinski definition) is 6. The summed E-state index contributed by atoms with van der Waals surface area (Å²) in [7, 11) is 0. The Morgan fingerprint density at radius 2 is 1.68 bits per heavy atom. The predicted octanol–water partition coefficient (Wildman–Crippen LogP) is 6.43. The first-order chi connectivity index (χ1) is 19.0. The van der Waals surface area contributed by atoms with Crippen LogP contribution < -0.4 is 5.14 Å². The van der Waals surface area contributed by atoms with Crippen LogP contribution in [-0.4, -0.2) is 30.4 Å². The van der Waals surface area contributed by atoms with Gasteiger partial charge in [0.15, 0.2) is 11.4 Å². The van der Waals surface area contributed by atoms with Crippen LogP contribution in [0.1, 0.15) is 27.3 Å². The van der Waals surface area contributed by atoms with Crippen molar-refractivity contribution in [3.05, 3.63) is 107 Å². The topological polar surface area (TPSA) is 114 Å². The zero-order chi connectivity index (χ0) is 28.6. The molecule has 0 spiro atoms. The van der Waals surface area contributed by atoms with Crippen LogP contribution in [0.25, 0.3) is 27.5 Å². The summed E-state index contributed by atoms with van der Waals surface area (Å²) in [5.41, 5.74) is 0.534. The molecule has 0 saturated heterocycles. The van der Waals surface area contributed by atoms with E-state index in [1.54, 1.807) is 48.5 Å². The number of carboxylic acid groups (broad SMARTS) is 1. The average Bonchev–Trinajstić information content (AvgIpc) is 3.55. The number of alkyl halides is 3. The van der Waals surface area contributed by atoms with E-state index < -0.39 is 40.7 Å². The zero-order valence-electron chi connectivity index (χ0n) is 20.3. The molecule has 0 bridgehead atoms. The molecule has 0 fully saturated rings. The quantitative estimate of drug-likeness (QED) is 0.149. The molecule has 3 aromatic carbocycles. The molecule has 2 aromatic heterocycles. The molecular formula is C27H19F4N4O3S2+. The number of halogens is 4. The van der Waals surface area contributed by atoms with E-state index in [1.807, 2.05) is 0 Å². The summed E-state index contributed by atoms with van der Waals surface area (Å²) in [6, 6.07) is 18.6. The van der Waals surface area contributed by atoms with Gasteiger partial charge in [0.05, 0.1) is 5.69 Å². The molecular weight excluding hydrogens is 568 g/mol. The van der Waals surface area contributed by atoms with E-state index in [4.69, 9.17) is 5.14 Å². The number of benzene rings is 3. The minimum absolute atomic E-state index is 0.0215. The Morgan fingerprint density at radius 3 is 2.27 bits per heavy atom. The van der Waals surface area contributed by atoms with Crippen molar-refractivity contribution in [3.8, 4) is 27.5 Å². The van der Waals surface area contributed by atoms with Gasteiger partial charge in [-0.25, -0.2) is 18.9 Å². The Morgan fingerprint density at radius 1 is 1.00 bits per heavy atom. The third kappa shape index (κ3) is 5.63. The molecule has 4 N–H and O–H groups in total. The van der Waals surface area contributed by atoms with Crippen LogP contribution in [0, 0.1) is 5.82 Å². The normalized spacial score (nSPS) is 12.4. The van der Waals surface area contributed by atoms with Crippen LogP contribution >= 0.6 is 11.3 Å². The van der Waals surface area contributed by atoms with Gasteiger partial charge in [0.1, 0.15) is 5.82 Å². The molecule has 0 amide bonds. The van der Waals surface area contributed by atoms with Gasteiger partial charge in [0.25, 0.3) is 11.4 Å². The highest BCUT2D eigenvalue weighted by Gasteiger charge is 2.41. The molecule has 0 aliphatic rings. The average molecular weight is 588 g/mol. The first kappa shape index (κ1) is 27.5. The van der Waals surface area contributed by atoms with Crippen molar-refractivity contribution in [1.82, 2.24) is 14.8 Å². The maximum atomic E-state index is 14.7. The van der Waals surface area contributed by atoms with E-state index in [2.05, 4.69) is 10.1 Å². The number of hydrogen-bond donors (Lipinski definition) is 3. The summed E-state index contributed by atoms with van der Waals surface area (Å²) in [5, 5.41) is 20.0. The summed E-state index contributed by atoms with van der Waals surface area (Å²) in [5.74, 6) is -1.80. The van der Waals surface area contributed by atoms with Gasteiger partial charge in [0.2, 0.25) is 10.0 Å². The molecule has 1 unspecified atom stereocenters. The van der Waals surface area contributed by atoms with E-state index in [0.29, 0.717) is 31.8 Å². The molecule has 2 heterocycles. The molecule has 0 radical (unpaired) electrons. The molecule has 0 aliphatic heterocycles. The second-order valence-electron chi connectivity index (χ2n) is 8.63. The summed E-state index contributed by atoms with van der Waals surface area (Å²) in [6.45, 7) is 0. The first-order valence-electron chi connectivity index (χ1n) is 11.5. The summed E-state index contributed by atoms with van der Waals surface area (Å²) in [4.78, 5) is 15.7. The van der Waals surface area contributed by atoms with Crippen molar-refractivity contribution in [3.63, 3.8) is 0 Å². The Kier molecular flexibility index (Phi) is 7.47. The fourth-order valence-electron chi connectivity index (χ4n) is 4.18. The van der Waals surface area contributed by atoms with Crippen molar-refractivity contribution in [2.24, 2.45) is 5.14 Å². The van der Waals surface area contributed by atoms with Gasteiger partial charge in [-0.3, -0.25) is 0 Å². The maximum absolute atomic E-state index is 14.7. The van der Waals surface area contributed by atoms with Crippen LogP contribution in [0.2, 0.25) is 0 Å². The van der Waals surface area contributed by atoms with Gasteiger partial charge in [-0.2, -0.15) is 22.8 Å². The monoisotopic (exact) mass is 587 g/mol. The van der Waals surface area contributed by atoms with Gasteiger partial charge >= 0.3 is 12.1 Å². The largest absolute Gasteiger partial charge is 0.476 e. The number of aromatic nitrogens is 3. The van der Waals surface area contributed by atoms with Crippen molar-refractivity contribution in [2.45, 2.75) is 17.5 Å². The zero-order valence-corrected chi connectivity index (χ0v) is 21.9. The molecule has 40 heavy (non-hydrogen) atoms. The number of nitrogens with zero attached hydrogens (tertiary/aromatic N) is 3. The summed E-state index contributed by atoms with van der Waals surface area (Å²) < 4.78 is 67.7. The third-order valence-electron chi connectivity index (χ3n) is 6.00. The Balaban J connectivity index is 1.71. The Hall–Kier alpha value is -4.04. The molecule has 0 aliphatic carbocycles. The van der Waals surface area contributed by atoms with E-state index >= 15 is 0 Å². The number of carboxylic acids is 1. The number of aromatic carboxylic acids is 1. The highest BCUT2D eigenvalue weighted by atomic mass is 32.2. The minimum atomic E-state index is -4.88. The Bertz CT molecular complexity index is 1680. The third-order valence-corrected chi connectivity index (χ3v) is 7.57. The van der Waals surface area contributed by atoms with Crippen LogP contribution in [0.4, 0.5) is 17.6 Å². The van der Waals surface area contributed by atoms with Crippen molar-refractivity contribution >= 4 is 28.7 Å². The van der Waals surface area contributed by atoms with Crippen LogP contribution in [0.3, 0.4) is 0 Å². The minimum Gasteiger partial charge on any atom is -0.476 e. The van der Waals surface area contributed by atoms with Crippen LogP contribution in [-0.2, 0) is 24.0 Å². The lowest BCUT2D eigenvalue weighted by Gasteiger charge is -2.12. The first-order valence-corrected chi connectivity index (χ1v) is 13.6. The maximum Gasteiger partial charge on any atom is 0.433 e. The second kappa shape index (κ2) is 10.8. The molecule has 13 heteroatoms. The lowest BCUT2D eigenvalue weighted by Crippen LogP contribution is -2.16. The van der Waals surface area contributed by atoms with Gasteiger partial charge in [-0.05, 0) is 47.0 Å². The molecule has 7 nitrogen and oxygen atoms in total.